The quantitative estimate of drug-likeness (QED) is 0.415. The van der Waals surface area contributed by atoms with Crippen molar-refractivity contribution in [1.29, 1.82) is 5.41 Å². The predicted molar refractivity (Wildman–Crippen MR) is 57.5 cm³/mol. The van der Waals surface area contributed by atoms with E-state index in [0.29, 0.717) is 0 Å². The third kappa shape index (κ3) is 1.99. The Kier molecular flexibility index (Phi) is 2.60. The number of amides is 2. The maximum absolute atomic E-state index is 11.6. The molecule has 0 radical (unpaired) electrons. The molecule has 0 saturated heterocycles. The van der Waals surface area contributed by atoms with E-state index < -0.39 is 24.0 Å². The van der Waals surface area contributed by atoms with Gasteiger partial charge in [0, 0.05) is 0 Å². The van der Waals surface area contributed by atoms with Gasteiger partial charge in [0.1, 0.15) is 6.10 Å². The maximum atomic E-state index is 11.6. The number of fused-ring (bicyclic) bond motifs is 1. The number of carbonyl (C=O) groups excluding carboxylic acids is 2. The van der Waals surface area contributed by atoms with Crippen LogP contribution in [-0.4, -0.2) is 58.6 Å². The van der Waals surface area contributed by atoms with Gasteiger partial charge in [-0.05, 0) is 0 Å². The molecule has 2 amide bonds. The summed E-state index contributed by atoms with van der Waals surface area (Å²) in [5.41, 5.74) is 4.91. The Morgan fingerprint density at radius 2 is 2.47 bits per heavy atom. The summed E-state index contributed by atoms with van der Waals surface area (Å²) in [4.78, 5) is 31.2. The molecule has 2 aliphatic heterocycles. The molecule has 2 unspecified atom stereocenters. The first-order valence-electron chi connectivity index (χ1n) is 4.74. The zero-order valence-electron chi connectivity index (χ0n) is 8.62. The van der Waals surface area contributed by atoms with Gasteiger partial charge in [-0.1, -0.05) is 0 Å². The standard InChI is InChI=1S/C8H10N6O3/c9-5(16)3(15)1-14-2-11-6-4(14)7(17)13-8(10)12-6/h2-4,15H,1H2,(H2,9,16)(H2,10,13,17). The Balaban J connectivity index is 2.15. The maximum Gasteiger partial charge on any atom is 0.257 e. The number of aliphatic hydroxyl groups excluding tert-OH is 1. The van der Waals surface area contributed by atoms with Gasteiger partial charge in [-0.25, -0.2) is 4.99 Å². The molecule has 0 aromatic rings. The Labute approximate surface area is 95.5 Å². The summed E-state index contributed by atoms with van der Waals surface area (Å²) in [6.45, 7) is -0.150. The lowest BCUT2D eigenvalue weighted by Crippen LogP contribution is -2.54. The Morgan fingerprint density at radius 3 is 3.12 bits per heavy atom. The van der Waals surface area contributed by atoms with E-state index in [4.69, 9.17) is 11.1 Å². The predicted octanol–water partition coefficient (Wildman–Crippen LogP) is -2.99. The van der Waals surface area contributed by atoms with Gasteiger partial charge in [0.15, 0.2) is 11.9 Å². The van der Waals surface area contributed by atoms with Crippen molar-refractivity contribution in [2.75, 3.05) is 6.54 Å². The van der Waals surface area contributed by atoms with Crippen molar-refractivity contribution in [3.63, 3.8) is 0 Å². The van der Waals surface area contributed by atoms with Crippen molar-refractivity contribution in [2.24, 2.45) is 15.7 Å². The fraction of sp³-hybridized carbons (Fsp3) is 0.375. The van der Waals surface area contributed by atoms with Gasteiger partial charge in [0.2, 0.25) is 11.9 Å². The third-order valence-electron chi connectivity index (χ3n) is 2.34. The lowest BCUT2D eigenvalue weighted by Gasteiger charge is -2.26. The van der Waals surface area contributed by atoms with E-state index in [0.717, 1.165) is 0 Å². The van der Waals surface area contributed by atoms with Crippen LogP contribution in [0.4, 0.5) is 0 Å². The van der Waals surface area contributed by atoms with E-state index in [1.165, 1.54) is 11.2 Å². The van der Waals surface area contributed by atoms with Crippen LogP contribution in [0.1, 0.15) is 0 Å². The normalized spacial score (nSPS) is 24.2. The molecular weight excluding hydrogens is 228 g/mol. The molecule has 0 aromatic carbocycles. The first-order valence-corrected chi connectivity index (χ1v) is 4.74. The van der Waals surface area contributed by atoms with E-state index in [9.17, 15) is 14.7 Å². The largest absolute Gasteiger partial charge is 0.381 e. The topological polar surface area (TPSA) is 144 Å². The average molecular weight is 238 g/mol. The van der Waals surface area contributed by atoms with Gasteiger partial charge in [-0.3, -0.25) is 20.3 Å². The Bertz CT molecular complexity index is 456. The van der Waals surface area contributed by atoms with Crippen molar-refractivity contribution in [3.05, 3.63) is 0 Å². The number of amidine groups is 1. The first kappa shape index (κ1) is 11.2. The zero-order chi connectivity index (χ0) is 12.6. The highest BCUT2D eigenvalue weighted by Crippen LogP contribution is 2.12. The number of aliphatic hydroxyl groups is 1. The Morgan fingerprint density at radius 1 is 1.76 bits per heavy atom. The van der Waals surface area contributed by atoms with Crippen LogP contribution in [0.5, 0.6) is 0 Å². The monoisotopic (exact) mass is 238 g/mol. The van der Waals surface area contributed by atoms with Crippen molar-refractivity contribution in [1.82, 2.24) is 10.2 Å². The van der Waals surface area contributed by atoms with Crippen LogP contribution in [-0.2, 0) is 9.59 Å². The highest BCUT2D eigenvalue weighted by Gasteiger charge is 2.38. The lowest BCUT2D eigenvalue weighted by molar-refractivity contribution is -0.128. The van der Waals surface area contributed by atoms with Crippen LogP contribution < -0.4 is 11.1 Å². The molecule has 9 heteroatoms. The van der Waals surface area contributed by atoms with Gasteiger partial charge in [-0.2, -0.15) is 4.99 Å². The molecule has 90 valence electrons. The number of nitrogens with two attached hydrogens (primary N) is 1. The number of nitrogens with zero attached hydrogens (tertiary/aromatic N) is 3. The summed E-state index contributed by atoms with van der Waals surface area (Å²) >= 11 is 0. The van der Waals surface area contributed by atoms with Gasteiger partial charge in [0.05, 0.1) is 12.9 Å². The molecule has 5 N–H and O–H groups in total. The smallest absolute Gasteiger partial charge is 0.257 e. The molecule has 17 heavy (non-hydrogen) atoms. The number of hydrogen-bond acceptors (Lipinski definition) is 6. The number of β-amino-alcohol motifs (C(OH)–C–C–N with tert-alkyl or cyclic N) is 1. The molecule has 0 aromatic heterocycles. The van der Waals surface area contributed by atoms with Gasteiger partial charge in [-0.15, -0.1) is 0 Å². The second kappa shape index (κ2) is 3.94. The minimum absolute atomic E-state index is 0.150. The fourth-order valence-electron chi connectivity index (χ4n) is 1.55. The second-order valence-electron chi connectivity index (χ2n) is 3.57. The molecule has 0 fully saturated rings. The molecule has 0 saturated carbocycles. The summed E-state index contributed by atoms with van der Waals surface area (Å²) in [5.74, 6) is -1.48. The molecular formula is C8H10N6O3. The summed E-state index contributed by atoms with van der Waals surface area (Å²) in [6.07, 6.45) is -0.108. The number of nitrogens with one attached hydrogen (secondary N) is 2. The summed E-state index contributed by atoms with van der Waals surface area (Å²) in [5, 5.41) is 18.8. The van der Waals surface area contributed by atoms with Gasteiger partial charge < -0.3 is 15.7 Å². The number of carbonyl (C=O) groups is 2. The third-order valence-corrected chi connectivity index (χ3v) is 2.34. The minimum atomic E-state index is -1.39. The Hall–Kier alpha value is -2.29. The number of aliphatic imine (C=N–C) groups is 2. The zero-order valence-corrected chi connectivity index (χ0v) is 8.62. The highest BCUT2D eigenvalue weighted by molar-refractivity contribution is 6.22. The van der Waals surface area contributed by atoms with Crippen LogP contribution >= 0.6 is 0 Å². The van der Waals surface area contributed by atoms with Crippen LogP contribution in [0, 0.1) is 5.41 Å². The molecule has 0 spiro atoms. The van der Waals surface area contributed by atoms with Gasteiger partial charge >= 0.3 is 0 Å². The molecule has 2 aliphatic rings. The summed E-state index contributed by atoms with van der Waals surface area (Å²) in [6, 6.07) is -0.821. The van der Waals surface area contributed by atoms with Crippen molar-refractivity contribution < 1.29 is 14.7 Å². The first-order chi connectivity index (χ1) is 7.99. The fourth-order valence-corrected chi connectivity index (χ4v) is 1.55. The van der Waals surface area contributed by atoms with Crippen LogP contribution in [0.25, 0.3) is 0 Å². The molecule has 9 nitrogen and oxygen atoms in total. The highest BCUT2D eigenvalue weighted by atomic mass is 16.3. The minimum Gasteiger partial charge on any atom is -0.381 e. The van der Waals surface area contributed by atoms with E-state index >= 15 is 0 Å². The number of rotatable bonds is 3. The number of guanidine groups is 1. The summed E-state index contributed by atoms with van der Waals surface area (Å²) < 4.78 is 0. The molecule has 2 heterocycles. The van der Waals surface area contributed by atoms with Crippen LogP contribution in [0.15, 0.2) is 9.98 Å². The summed E-state index contributed by atoms with van der Waals surface area (Å²) in [7, 11) is 0. The SMILES string of the molecule is N=C1N=C2N=CN(CC(O)C(N)=O)C2C(=O)N1. The van der Waals surface area contributed by atoms with E-state index in [1.54, 1.807) is 0 Å². The average Bonchev–Trinajstić information content (AvgIpc) is 2.60. The second-order valence-corrected chi connectivity index (χ2v) is 3.57. The van der Waals surface area contributed by atoms with E-state index in [2.05, 4.69) is 15.3 Å². The van der Waals surface area contributed by atoms with Crippen LogP contribution in [0.3, 0.4) is 0 Å². The van der Waals surface area contributed by atoms with Crippen LogP contribution in [0.2, 0.25) is 0 Å². The lowest BCUT2D eigenvalue weighted by atomic mass is 10.2. The van der Waals surface area contributed by atoms with Crippen molar-refractivity contribution in [3.8, 4) is 0 Å². The van der Waals surface area contributed by atoms with Crippen molar-refractivity contribution in [2.45, 2.75) is 12.1 Å². The number of hydrogen-bond donors (Lipinski definition) is 4. The molecule has 0 aliphatic carbocycles. The van der Waals surface area contributed by atoms with E-state index in [-0.39, 0.29) is 18.3 Å². The van der Waals surface area contributed by atoms with Crippen molar-refractivity contribution >= 4 is 29.9 Å². The van der Waals surface area contributed by atoms with Gasteiger partial charge in [0.25, 0.3) is 5.91 Å². The van der Waals surface area contributed by atoms with E-state index in [1.807, 2.05) is 0 Å². The molecule has 2 rings (SSSR count). The number of primary amides is 1. The molecule has 0 bridgehead atoms. The molecule has 2 atom stereocenters.